The zero-order valence-electron chi connectivity index (χ0n) is 14.1. The third-order valence-electron chi connectivity index (χ3n) is 4.41. The number of aromatic amines is 1. The average molecular weight is 369 g/mol. The number of benzene rings is 2. The summed E-state index contributed by atoms with van der Waals surface area (Å²) in [6.45, 7) is 1.48. The Hall–Kier alpha value is -2.56. The maximum absolute atomic E-state index is 13.3. The van der Waals surface area contributed by atoms with Crippen LogP contribution < -0.4 is 5.32 Å². The Labute approximate surface area is 155 Å². The van der Waals surface area contributed by atoms with E-state index in [1.54, 1.807) is 12.1 Å². The lowest BCUT2D eigenvalue weighted by molar-refractivity contribution is 0.495. The predicted molar refractivity (Wildman–Crippen MR) is 103 cm³/mol. The van der Waals surface area contributed by atoms with Gasteiger partial charge in [-0.1, -0.05) is 29.8 Å². The average Bonchev–Trinajstić information content (AvgIpc) is 3.28. The molecule has 0 atom stereocenters. The van der Waals surface area contributed by atoms with Gasteiger partial charge in [0.2, 0.25) is 0 Å². The van der Waals surface area contributed by atoms with Gasteiger partial charge in [0.25, 0.3) is 0 Å². The summed E-state index contributed by atoms with van der Waals surface area (Å²) in [5.74, 6) is 1.08. The van der Waals surface area contributed by atoms with Gasteiger partial charge in [0, 0.05) is 22.7 Å². The van der Waals surface area contributed by atoms with E-state index in [0.717, 1.165) is 29.8 Å². The lowest BCUT2D eigenvalue weighted by Crippen LogP contribution is -2.16. The number of rotatable bonds is 6. The van der Waals surface area contributed by atoms with E-state index in [1.165, 1.54) is 17.0 Å². The molecular weight excluding hydrogens is 351 g/mol. The Morgan fingerprint density at radius 1 is 1.08 bits per heavy atom. The van der Waals surface area contributed by atoms with Crippen molar-refractivity contribution in [2.75, 3.05) is 6.54 Å². The summed E-state index contributed by atoms with van der Waals surface area (Å²) in [5, 5.41) is 4.76. The van der Waals surface area contributed by atoms with E-state index in [-0.39, 0.29) is 5.02 Å². The molecule has 2 heterocycles. The number of H-pyrrole nitrogens is 1. The third-order valence-corrected chi connectivity index (χ3v) is 4.70. The van der Waals surface area contributed by atoms with Crippen LogP contribution in [0.3, 0.4) is 0 Å². The van der Waals surface area contributed by atoms with Gasteiger partial charge in [-0.05, 0) is 54.9 Å². The second-order valence-corrected chi connectivity index (χ2v) is 6.59. The van der Waals surface area contributed by atoms with Gasteiger partial charge in [-0.15, -0.1) is 0 Å². The van der Waals surface area contributed by atoms with Gasteiger partial charge in [-0.2, -0.15) is 0 Å². The van der Waals surface area contributed by atoms with Gasteiger partial charge >= 0.3 is 0 Å². The summed E-state index contributed by atoms with van der Waals surface area (Å²) >= 11 is 5.83. The van der Waals surface area contributed by atoms with Crippen LogP contribution in [0.25, 0.3) is 22.2 Å². The van der Waals surface area contributed by atoms with E-state index in [9.17, 15) is 4.39 Å². The second kappa shape index (κ2) is 7.36. The van der Waals surface area contributed by atoms with Crippen molar-refractivity contribution < 1.29 is 8.81 Å². The normalized spacial score (nSPS) is 11.3. The zero-order chi connectivity index (χ0) is 17.9. The lowest BCUT2D eigenvalue weighted by atomic mass is 10.1. The minimum absolute atomic E-state index is 0.0947. The van der Waals surface area contributed by atoms with E-state index >= 15 is 0 Å². The highest BCUT2D eigenvalue weighted by molar-refractivity contribution is 6.31. The van der Waals surface area contributed by atoms with Crippen LogP contribution in [0.15, 0.2) is 65.2 Å². The number of nitrogens with one attached hydrogen (secondary N) is 2. The third kappa shape index (κ3) is 3.52. The maximum atomic E-state index is 13.3. The summed E-state index contributed by atoms with van der Waals surface area (Å²) in [6, 6.07) is 16.7. The van der Waals surface area contributed by atoms with Crippen molar-refractivity contribution in [1.29, 1.82) is 0 Å². The summed E-state index contributed by atoms with van der Waals surface area (Å²) in [4.78, 5) is 3.29. The Kier molecular flexibility index (Phi) is 4.78. The highest BCUT2D eigenvalue weighted by Crippen LogP contribution is 2.26. The van der Waals surface area contributed by atoms with Crippen LogP contribution in [0, 0.1) is 5.82 Å². The maximum Gasteiger partial charge on any atom is 0.141 e. The van der Waals surface area contributed by atoms with Crippen LogP contribution in [0.4, 0.5) is 4.39 Å². The molecule has 26 heavy (non-hydrogen) atoms. The molecule has 4 rings (SSSR count). The Morgan fingerprint density at radius 3 is 2.85 bits per heavy atom. The molecule has 0 aliphatic carbocycles. The smallest absolute Gasteiger partial charge is 0.141 e. The van der Waals surface area contributed by atoms with Crippen LogP contribution in [0.1, 0.15) is 11.3 Å². The molecule has 0 unspecified atom stereocenters. The molecule has 2 aromatic heterocycles. The molecule has 132 valence electrons. The number of para-hydroxylation sites is 1. The highest BCUT2D eigenvalue weighted by atomic mass is 35.5. The fourth-order valence-corrected chi connectivity index (χ4v) is 3.23. The molecule has 0 radical (unpaired) electrons. The molecule has 0 aliphatic heterocycles. The SMILES string of the molecule is Fc1ccc(-c2ccc(CNCCc3c[nH]c4ccccc34)o2)cc1Cl. The molecule has 0 spiro atoms. The van der Waals surface area contributed by atoms with E-state index < -0.39 is 5.82 Å². The first kappa shape index (κ1) is 16.9. The number of hydrogen-bond donors (Lipinski definition) is 2. The van der Waals surface area contributed by atoms with Gasteiger partial charge in [0.05, 0.1) is 11.6 Å². The van der Waals surface area contributed by atoms with Crippen molar-refractivity contribution in [3.05, 3.63) is 83.0 Å². The molecule has 0 aliphatic rings. The lowest BCUT2D eigenvalue weighted by Gasteiger charge is -2.03. The number of hydrogen-bond acceptors (Lipinski definition) is 2. The fourth-order valence-electron chi connectivity index (χ4n) is 3.05. The Morgan fingerprint density at radius 2 is 1.96 bits per heavy atom. The fraction of sp³-hybridized carbons (Fsp3) is 0.143. The number of fused-ring (bicyclic) bond motifs is 1. The molecule has 2 N–H and O–H groups in total. The second-order valence-electron chi connectivity index (χ2n) is 6.18. The molecule has 0 amide bonds. The van der Waals surface area contributed by atoms with Crippen molar-refractivity contribution in [1.82, 2.24) is 10.3 Å². The van der Waals surface area contributed by atoms with Crippen LogP contribution in [-0.4, -0.2) is 11.5 Å². The van der Waals surface area contributed by atoms with E-state index in [0.29, 0.717) is 12.3 Å². The topological polar surface area (TPSA) is 41.0 Å². The first-order valence-electron chi connectivity index (χ1n) is 8.50. The molecule has 0 bridgehead atoms. The molecule has 5 heteroatoms. The van der Waals surface area contributed by atoms with E-state index in [2.05, 4.69) is 34.7 Å². The number of halogens is 2. The first-order valence-corrected chi connectivity index (χ1v) is 8.88. The predicted octanol–water partition coefficient (Wildman–Crippen LogP) is 5.55. The Bertz CT molecular complexity index is 1040. The molecule has 0 saturated carbocycles. The van der Waals surface area contributed by atoms with Gasteiger partial charge in [0.15, 0.2) is 0 Å². The minimum atomic E-state index is -0.429. The number of furan rings is 1. The van der Waals surface area contributed by atoms with Crippen LogP contribution in [0.2, 0.25) is 5.02 Å². The zero-order valence-corrected chi connectivity index (χ0v) is 14.8. The summed E-state index contributed by atoms with van der Waals surface area (Å²) in [7, 11) is 0. The Balaban J connectivity index is 1.34. The quantitative estimate of drug-likeness (QED) is 0.438. The van der Waals surface area contributed by atoms with Crippen molar-refractivity contribution in [2.45, 2.75) is 13.0 Å². The molecular formula is C21H18ClFN2O. The van der Waals surface area contributed by atoms with Gasteiger partial charge in [-0.3, -0.25) is 0 Å². The van der Waals surface area contributed by atoms with Crippen molar-refractivity contribution >= 4 is 22.5 Å². The van der Waals surface area contributed by atoms with E-state index in [4.69, 9.17) is 16.0 Å². The number of aromatic nitrogens is 1. The van der Waals surface area contributed by atoms with Gasteiger partial charge < -0.3 is 14.7 Å². The minimum Gasteiger partial charge on any atom is -0.460 e. The molecule has 0 fully saturated rings. The molecule has 0 saturated heterocycles. The van der Waals surface area contributed by atoms with Gasteiger partial charge in [0.1, 0.15) is 17.3 Å². The molecule has 2 aromatic carbocycles. The summed E-state index contributed by atoms with van der Waals surface area (Å²) in [6.07, 6.45) is 3.00. The van der Waals surface area contributed by atoms with Crippen molar-refractivity contribution in [3.8, 4) is 11.3 Å². The molecule has 4 aromatic rings. The summed E-state index contributed by atoms with van der Waals surface area (Å²) < 4.78 is 19.1. The largest absolute Gasteiger partial charge is 0.460 e. The van der Waals surface area contributed by atoms with Gasteiger partial charge in [-0.25, -0.2) is 4.39 Å². The standard InChI is InChI=1S/C21H18ClFN2O/c22-18-11-14(5-7-19(18)23)21-8-6-16(26-21)13-24-10-9-15-12-25-20-4-2-1-3-17(15)20/h1-8,11-12,24-25H,9-10,13H2. The summed E-state index contributed by atoms with van der Waals surface area (Å²) in [5.41, 5.74) is 3.23. The first-order chi connectivity index (χ1) is 12.7. The molecule has 3 nitrogen and oxygen atoms in total. The highest BCUT2D eigenvalue weighted by Gasteiger charge is 2.08. The van der Waals surface area contributed by atoms with Crippen LogP contribution >= 0.6 is 11.6 Å². The van der Waals surface area contributed by atoms with Crippen molar-refractivity contribution in [2.24, 2.45) is 0 Å². The van der Waals surface area contributed by atoms with Crippen LogP contribution in [-0.2, 0) is 13.0 Å². The van der Waals surface area contributed by atoms with Crippen molar-refractivity contribution in [3.63, 3.8) is 0 Å². The van der Waals surface area contributed by atoms with Crippen LogP contribution in [0.5, 0.6) is 0 Å². The monoisotopic (exact) mass is 368 g/mol. The van der Waals surface area contributed by atoms with E-state index in [1.807, 2.05) is 18.2 Å².